The number of carbonyl (C=O) groups is 1. The molecule has 0 spiro atoms. The molecule has 0 aliphatic carbocycles. The predicted octanol–water partition coefficient (Wildman–Crippen LogP) is 3.99. The van der Waals surface area contributed by atoms with Gasteiger partial charge in [-0.3, -0.25) is 4.79 Å². The lowest BCUT2D eigenvalue weighted by Crippen LogP contribution is -2.39. The number of carbonyl (C=O) groups excluding carboxylic acids is 1. The molecule has 134 valence electrons. The largest absolute Gasteiger partial charge is 0.425 e. The molecule has 1 aromatic heterocycles. The zero-order valence-electron chi connectivity index (χ0n) is 15.6. The smallest absolute Gasteiger partial charge is 0.253 e. The second-order valence-electron chi connectivity index (χ2n) is 8.23. The monoisotopic (exact) mass is 341 g/mol. The number of aryl methyl sites for hydroxylation is 1. The first-order chi connectivity index (χ1) is 11.8. The van der Waals surface area contributed by atoms with Crippen molar-refractivity contribution in [2.24, 2.45) is 5.41 Å². The van der Waals surface area contributed by atoms with Gasteiger partial charge in [0.05, 0.1) is 5.92 Å². The molecule has 3 rings (SSSR count). The van der Waals surface area contributed by atoms with E-state index in [-0.39, 0.29) is 17.2 Å². The SMILES string of the molecule is Cc1cccc(C(=O)N2CCCC(c3nnc(CC(C)(C)C)o3)C2)c1. The standard InChI is InChI=1S/C20H27N3O2/c1-14-7-5-8-15(11-14)19(24)23-10-6-9-16(13-23)18-22-21-17(25-18)12-20(2,3)4/h5,7-8,11,16H,6,9-10,12-13H2,1-4H3. The highest BCUT2D eigenvalue weighted by molar-refractivity contribution is 5.94. The zero-order chi connectivity index (χ0) is 18.0. The van der Waals surface area contributed by atoms with Gasteiger partial charge in [0.25, 0.3) is 5.91 Å². The summed E-state index contributed by atoms with van der Waals surface area (Å²) in [4.78, 5) is 14.7. The Morgan fingerprint density at radius 3 is 2.84 bits per heavy atom. The van der Waals surface area contributed by atoms with Gasteiger partial charge in [0.1, 0.15) is 0 Å². The number of likely N-dealkylation sites (tertiary alicyclic amines) is 1. The van der Waals surface area contributed by atoms with Crippen molar-refractivity contribution in [1.29, 1.82) is 0 Å². The Bertz CT molecular complexity index is 745. The fourth-order valence-electron chi connectivity index (χ4n) is 3.28. The van der Waals surface area contributed by atoms with Crippen molar-refractivity contribution in [2.75, 3.05) is 13.1 Å². The molecule has 0 N–H and O–H groups in total. The van der Waals surface area contributed by atoms with Crippen molar-refractivity contribution in [3.05, 3.63) is 47.2 Å². The van der Waals surface area contributed by atoms with Gasteiger partial charge in [0.15, 0.2) is 0 Å². The lowest BCUT2D eigenvalue weighted by Gasteiger charge is -2.31. The Morgan fingerprint density at radius 1 is 1.32 bits per heavy atom. The highest BCUT2D eigenvalue weighted by Gasteiger charge is 2.29. The summed E-state index contributed by atoms with van der Waals surface area (Å²) in [6.07, 6.45) is 2.70. The highest BCUT2D eigenvalue weighted by atomic mass is 16.4. The quantitative estimate of drug-likeness (QED) is 0.847. The van der Waals surface area contributed by atoms with Crippen LogP contribution in [0, 0.1) is 12.3 Å². The average molecular weight is 341 g/mol. The molecule has 2 heterocycles. The van der Waals surface area contributed by atoms with Crippen LogP contribution < -0.4 is 0 Å². The van der Waals surface area contributed by atoms with Gasteiger partial charge in [-0.1, -0.05) is 38.5 Å². The molecule has 1 atom stereocenters. The second-order valence-corrected chi connectivity index (χ2v) is 8.23. The number of benzene rings is 1. The van der Waals surface area contributed by atoms with E-state index in [9.17, 15) is 4.79 Å². The molecule has 25 heavy (non-hydrogen) atoms. The molecule has 2 aromatic rings. The van der Waals surface area contributed by atoms with Gasteiger partial charge in [0, 0.05) is 25.1 Å². The van der Waals surface area contributed by atoms with Gasteiger partial charge in [-0.15, -0.1) is 10.2 Å². The molecular weight excluding hydrogens is 314 g/mol. The van der Waals surface area contributed by atoms with Crippen molar-refractivity contribution >= 4 is 5.91 Å². The van der Waals surface area contributed by atoms with Crippen LogP contribution in [0.1, 0.15) is 67.2 Å². The fraction of sp³-hybridized carbons (Fsp3) is 0.550. The fourth-order valence-corrected chi connectivity index (χ4v) is 3.28. The lowest BCUT2D eigenvalue weighted by atomic mass is 9.92. The topological polar surface area (TPSA) is 59.2 Å². The van der Waals surface area contributed by atoms with Gasteiger partial charge in [-0.05, 0) is 37.3 Å². The predicted molar refractivity (Wildman–Crippen MR) is 96.5 cm³/mol. The van der Waals surface area contributed by atoms with E-state index in [1.807, 2.05) is 36.1 Å². The summed E-state index contributed by atoms with van der Waals surface area (Å²) in [6, 6.07) is 7.76. The van der Waals surface area contributed by atoms with Crippen molar-refractivity contribution in [1.82, 2.24) is 15.1 Å². The van der Waals surface area contributed by atoms with Gasteiger partial charge in [-0.2, -0.15) is 0 Å². The molecule has 1 aliphatic rings. The molecule has 1 aromatic carbocycles. The van der Waals surface area contributed by atoms with E-state index < -0.39 is 0 Å². The molecule has 1 fully saturated rings. The summed E-state index contributed by atoms with van der Waals surface area (Å²) >= 11 is 0. The van der Waals surface area contributed by atoms with Crippen molar-refractivity contribution in [3.8, 4) is 0 Å². The van der Waals surface area contributed by atoms with Crippen molar-refractivity contribution in [2.45, 2.75) is 52.9 Å². The van der Waals surface area contributed by atoms with Crippen LogP contribution in [0.2, 0.25) is 0 Å². The van der Waals surface area contributed by atoms with Crippen LogP contribution in [0.25, 0.3) is 0 Å². The summed E-state index contributed by atoms with van der Waals surface area (Å²) in [5.74, 6) is 1.57. The molecule has 1 aliphatic heterocycles. The van der Waals surface area contributed by atoms with Gasteiger partial charge < -0.3 is 9.32 Å². The second kappa shape index (κ2) is 6.98. The van der Waals surface area contributed by atoms with Gasteiger partial charge in [-0.25, -0.2) is 0 Å². The molecule has 0 radical (unpaired) electrons. The maximum Gasteiger partial charge on any atom is 0.253 e. The molecule has 1 unspecified atom stereocenters. The van der Waals surface area contributed by atoms with E-state index in [0.29, 0.717) is 18.3 Å². The minimum absolute atomic E-state index is 0.0860. The van der Waals surface area contributed by atoms with Crippen LogP contribution in [-0.4, -0.2) is 34.1 Å². The Morgan fingerprint density at radius 2 is 2.12 bits per heavy atom. The van der Waals surface area contributed by atoms with E-state index in [1.54, 1.807) is 0 Å². The van der Waals surface area contributed by atoms with E-state index in [4.69, 9.17) is 4.42 Å². The summed E-state index contributed by atoms with van der Waals surface area (Å²) in [5, 5.41) is 8.45. The highest BCUT2D eigenvalue weighted by Crippen LogP contribution is 2.28. The number of aromatic nitrogens is 2. The molecule has 1 saturated heterocycles. The Labute approximate surface area is 149 Å². The van der Waals surface area contributed by atoms with Crippen LogP contribution >= 0.6 is 0 Å². The number of nitrogens with zero attached hydrogens (tertiary/aromatic N) is 3. The van der Waals surface area contributed by atoms with Crippen LogP contribution in [0.5, 0.6) is 0 Å². The average Bonchev–Trinajstić information content (AvgIpc) is 3.01. The minimum atomic E-state index is 0.0860. The number of piperidine rings is 1. The molecule has 0 saturated carbocycles. The number of hydrogen-bond acceptors (Lipinski definition) is 4. The van der Waals surface area contributed by atoms with E-state index in [0.717, 1.165) is 36.9 Å². The first-order valence-electron chi connectivity index (χ1n) is 9.00. The van der Waals surface area contributed by atoms with Crippen LogP contribution in [0.3, 0.4) is 0 Å². The Hall–Kier alpha value is -2.17. The van der Waals surface area contributed by atoms with Crippen LogP contribution in [0.4, 0.5) is 0 Å². The van der Waals surface area contributed by atoms with Crippen LogP contribution in [-0.2, 0) is 6.42 Å². The maximum absolute atomic E-state index is 12.8. The van der Waals surface area contributed by atoms with Crippen molar-refractivity contribution in [3.63, 3.8) is 0 Å². The summed E-state index contributed by atoms with van der Waals surface area (Å²) in [7, 11) is 0. The Balaban J connectivity index is 1.70. The first-order valence-corrected chi connectivity index (χ1v) is 9.00. The van der Waals surface area contributed by atoms with Crippen molar-refractivity contribution < 1.29 is 9.21 Å². The third kappa shape index (κ3) is 4.47. The molecular formula is C20H27N3O2. The van der Waals surface area contributed by atoms with Gasteiger partial charge in [0.2, 0.25) is 11.8 Å². The number of hydrogen-bond donors (Lipinski definition) is 0. The molecule has 5 heteroatoms. The normalized spacial score (nSPS) is 18.4. The van der Waals surface area contributed by atoms with Gasteiger partial charge >= 0.3 is 0 Å². The van der Waals surface area contributed by atoms with E-state index >= 15 is 0 Å². The first kappa shape index (κ1) is 17.6. The Kier molecular flexibility index (Phi) is 4.93. The van der Waals surface area contributed by atoms with E-state index in [2.05, 4.69) is 31.0 Å². The zero-order valence-corrected chi connectivity index (χ0v) is 15.6. The summed E-state index contributed by atoms with van der Waals surface area (Å²) in [6.45, 7) is 9.89. The third-order valence-corrected chi connectivity index (χ3v) is 4.49. The number of rotatable bonds is 3. The minimum Gasteiger partial charge on any atom is -0.425 e. The molecule has 5 nitrogen and oxygen atoms in total. The summed E-state index contributed by atoms with van der Waals surface area (Å²) < 4.78 is 5.89. The third-order valence-electron chi connectivity index (χ3n) is 4.49. The summed E-state index contributed by atoms with van der Waals surface area (Å²) in [5.41, 5.74) is 1.96. The number of amides is 1. The molecule has 0 bridgehead atoms. The van der Waals surface area contributed by atoms with Crippen LogP contribution in [0.15, 0.2) is 28.7 Å². The maximum atomic E-state index is 12.8. The molecule has 1 amide bonds. The van der Waals surface area contributed by atoms with E-state index in [1.165, 1.54) is 0 Å². The lowest BCUT2D eigenvalue weighted by molar-refractivity contribution is 0.0697.